The molecule has 20 heavy (non-hydrogen) atoms. The molecule has 108 valence electrons. The first-order chi connectivity index (χ1) is 9.45. The van der Waals surface area contributed by atoms with Crippen LogP contribution < -0.4 is 0 Å². The van der Waals surface area contributed by atoms with Gasteiger partial charge in [-0.3, -0.25) is 9.97 Å². The van der Waals surface area contributed by atoms with Gasteiger partial charge in [-0.15, -0.1) is 0 Å². The highest BCUT2D eigenvalue weighted by atomic mass is 79.9. The van der Waals surface area contributed by atoms with E-state index in [0.717, 1.165) is 22.2 Å². The summed E-state index contributed by atoms with van der Waals surface area (Å²) < 4.78 is 2.57. The van der Waals surface area contributed by atoms with Gasteiger partial charge < -0.3 is 9.67 Å². The van der Waals surface area contributed by atoms with Crippen molar-refractivity contribution < 1.29 is 5.11 Å². The lowest BCUT2D eigenvalue weighted by molar-refractivity contribution is 0.140. The Balaban J connectivity index is 2.33. The summed E-state index contributed by atoms with van der Waals surface area (Å²) in [5.41, 5.74) is 2.38. The minimum Gasteiger partial charge on any atom is -0.386 e. The summed E-state index contributed by atoms with van der Waals surface area (Å²) in [6.07, 6.45) is 4.69. The molecule has 2 aromatic rings. The molecule has 0 unspecified atom stereocenters. The molecule has 2 atom stereocenters. The highest BCUT2D eigenvalue weighted by Gasteiger charge is 2.26. The van der Waals surface area contributed by atoms with E-state index in [4.69, 9.17) is 0 Å². The monoisotopic (exact) mass is 356 g/mol. The standard InChI is InChI=1S/C13H17BrN4OS/c1-7-5-16-9(6-15-7)8(2)11(19)10-12(14)17-13(20-4)18(10)3/h5-6,8,11,19H,1-4H3/t8-,11-/m1/s1. The molecule has 0 radical (unpaired) electrons. The molecule has 7 heteroatoms. The van der Waals surface area contributed by atoms with Gasteiger partial charge in [-0.2, -0.15) is 0 Å². The van der Waals surface area contributed by atoms with E-state index in [-0.39, 0.29) is 5.92 Å². The van der Waals surface area contributed by atoms with Gasteiger partial charge in [0.25, 0.3) is 0 Å². The zero-order valence-corrected chi connectivity index (χ0v) is 14.2. The maximum Gasteiger partial charge on any atom is 0.168 e. The number of aliphatic hydroxyl groups excluding tert-OH is 1. The Labute approximate surface area is 131 Å². The number of hydrogen-bond acceptors (Lipinski definition) is 5. The molecule has 2 heterocycles. The minimum atomic E-state index is -0.695. The van der Waals surface area contributed by atoms with Crippen LogP contribution >= 0.6 is 27.7 Å². The average molecular weight is 357 g/mol. The molecule has 2 rings (SSSR count). The van der Waals surface area contributed by atoms with Crippen molar-refractivity contribution in [2.24, 2.45) is 7.05 Å². The average Bonchev–Trinajstić information content (AvgIpc) is 2.72. The second kappa shape index (κ2) is 6.24. The lowest BCUT2D eigenvalue weighted by atomic mass is 9.99. The molecule has 0 saturated heterocycles. The van der Waals surface area contributed by atoms with Crippen LogP contribution in [-0.4, -0.2) is 30.9 Å². The summed E-state index contributed by atoms with van der Waals surface area (Å²) in [7, 11) is 1.90. The van der Waals surface area contributed by atoms with Gasteiger partial charge in [0.1, 0.15) is 10.7 Å². The highest BCUT2D eigenvalue weighted by molar-refractivity contribution is 9.10. The Morgan fingerprint density at radius 2 is 2.05 bits per heavy atom. The van der Waals surface area contributed by atoms with Crippen molar-refractivity contribution in [3.63, 3.8) is 0 Å². The molecule has 0 aliphatic heterocycles. The van der Waals surface area contributed by atoms with Crippen LogP contribution in [0.2, 0.25) is 0 Å². The van der Waals surface area contributed by atoms with E-state index in [1.807, 2.05) is 31.7 Å². The molecule has 0 fully saturated rings. The fraction of sp³-hybridized carbons (Fsp3) is 0.462. The van der Waals surface area contributed by atoms with Gasteiger partial charge in [0, 0.05) is 25.4 Å². The summed E-state index contributed by atoms with van der Waals surface area (Å²) in [6.45, 7) is 3.82. The Kier molecular flexibility index (Phi) is 4.82. The lowest BCUT2D eigenvalue weighted by Gasteiger charge is -2.19. The number of aromatic nitrogens is 4. The topological polar surface area (TPSA) is 63.8 Å². The Hall–Kier alpha value is -0.920. The van der Waals surface area contributed by atoms with E-state index in [0.29, 0.717) is 4.60 Å². The summed E-state index contributed by atoms with van der Waals surface area (Å²) >= 11 is 4.96. The highest BCUT2D eigenvalue weighted by Crippen LogP contribution is 2.35. The SMILES string of the molecule is CSc1nc(Br)c([C@H](O)[C@H](C)c2cnc(C)cn2)n1C. The largest absolute Gasteiger partial charge is 0.386 e. The fourth-order valence-corrected chi connectivity index (χ4v) is 3.34. The predicted molar refractivity (Wildman–Crippen MR) is 82.8 cm³/mol. The molecule has 0 amide bonds. The Morgan fingerprint density at radius 3 is 2.55 bits per heavy atom. The molecule has 0 saturated carbocycles. The van der Waals surface area contributed by atoms with Gasteiger partial charge in [0.15, 0.2) is 5.16 Å². The van der Waals surface area contributed by atoms with E-state index in [9.17, 15) is 5.11 Å². The first kappa shape index (κ1) is 15.5. The lowest BCUT2D eigenvalue weighted by Crippen LogP contribution is -2.14. The minimum absolute atomic E-state index is 0.162. The maximum atomic E-state index is 10.6. The van der Waals surface area contributed by atoms with Crippen molar-refractivity contribution in [1.29, 1.82) is 0 Å². The van der Waals surface area contributed by atoms with Crippen molar-refractivity contribution in [2.45, 2.75) is 31.0 Å². The summed E-state index contributed by atoms with van der Waals surface area (Å²) in [5, 5.41) is 11.5. The normalized spacial score (nSPS) is 14.3. The third kappa shape index (κ3) is 2.89. The van der Waals surface area contributed by atoms with Gasteiger partial charge in [-0.05, 0) is 29.1 Å². The number of aliphatic hydroxyl groups is 1. The molecule has 2 aromatic heterocycles. The van der Waals surface area contributed by atoms with Crippen LogP contribution in [0, 0.1) is 6.92 Å². The molecule has 0 aliphatic carbocycles. The smallest absolute Gasteiger partial charge is 0.168 e. The Morgan fingerprint density at radius 1 is 1.35 bits per heavy atom. The fourth-order valence-electron chi connectivity index (χ4n) is 2.00. The van der Waals surface area contributed by atoms with Crippen molar-refractivity contribution in [2.75, 3.05) is 6.26 Å². The molecule has 0 aromatic carbocycles. The zero-order chi connectivity index (χ0) is 14.9. The van der Waals surface area contributed by atoms with Gasteiger partial charge >= 0.3 is 0 Å². The van der Waals surface area contributed by atoms with Gasteiger partial charge in [0.05, 0.1) is 17.1 Å². The first-order valence-electron chi connectivity index (χ1n) is 6.18. The van der Waals surface area contributed by atoms with Crippen LogP contribution in [0.1, 0.15) is 36.0 Å². The van der Waals surface area contributed by atoms with Crippen LogP contribution in [0.3, 0.4) is 0 Å². The summed E-state index contributed by atoms with van der Waals surface area (Å²) in [4.78, 5) is 13.0. The number of thioether (sulfide) groups is 1. The molecular formula is C13H17BrN4OS. The van der Waals surface area contributed by atoms with Crippen molar-refractivity contribution in [3.05, 3.63) is 34.1 Å². The van der Waals surface area contributed by atoms with Crippen LogP contribution in [0.15, 0.2) is 22.2 Å². The second-order valence-corrected chi connectivity index (χ2v) is 6.17. The van der Waals surface area contributed by atoms with Gasteiger partial charge in [0.2, 0.25) is 0 Å². The van der Waals surface area contributed by atoms with Gasteiger partial charge in [-0.1, -0.05) is 18.7 Å². The van der Waals surface area contributed by atoms with Crippen LogP contribution in [0.4, 0.5) is 0 Å². The van der Waals surface area contributed by atoms with Crippen LogP contribution in [-0.2, 0) is 7.05 Å². The number of imidazole rings is 1. The van der Waals surface area contributed by atoms with Crippen molar-refractivity contribution in [3.8, 4) is 0 Å². The molecular weight excluding hydrogens is 340 g/mol. The molecule has 0 spiro atoms. The summed E-state index contributed by atoms with van der Waals surface area (Å²) in [6, 6.07) is 0. The van der Waals surface area contributed by atoms with E-state index in [1.54, 1.807) is 24.2 Å². The van der Waals surface area contributed by atoms with E-state index >= 15 is 0 Å². The number of hydrogen-bond donors (Lipinski definition) is 1. The van der Waals surface area contributed by atoms with E-state index in [1.165, 1.54) is 0 Å². The quantitative estimate of drug-likeness (QED) is 0.853. The first-order valence-corrected chi connectivity index (χ1v) is 8.20. The zero-order valence-electron chi connectivity index (χ0n) is 11.8. The molecule has 0 bridgehead atoms. The molecule has 0 aliphatic rings. The van der Waals surface area contributed by atoms with E-state index < -0.39 is 6.10 Å². The third-order valence-corrected chi connectivity index (χ3v) is 4.57. The second-order valence-electron chi connectivity index (χ2n) is 4.65. The number of halogens is 1. The maximum absolute atomic E-state index is 10.6. The van der Waals surface area contributed by atoms with Gasteiger partial charge in [-0.25, -0.2) is 4.98 Å². The van der Waals surface area contributed by atoms with E-state index in [2.05, 4.69) is 30.9 Å². The number of aryl methyl sites for hydroxylation is 1. The number of nitrogens with zero attached hydrogens (tertiary/aromatic N) is 4. The molecule has 5 nitrogen and oxygen atoms in total. The van der Waals surface area contributed by atoms with Crippen LogP contribution in [0.25, 0.3) is 0 Å². The summed E-state index contributed by atoms with van der Waals surface area (Å²) in [5.74, 6) is -0.162. The third-order valence-electron chi connectivity index (χ3n) is 3.26. The van der Waals surface area contributed by atoms with Crippen LogP contribution in [0.5, 0.6) is 0 Å². The van der Waals surface area contributed by atoms with Crippen molar-refractivity contribution >= 4 is 27.7 Å². The number of rotatable bonds is 4. The predicted octanol–water partition coefficient (Wildman–Crippen LogP) is 2.84. The van der Waals surface area contributed by atoms with Crippen molar-refractivity contribution in [1.82, 2.24) is 19.5 Å². The molecule has 1 N–H and O–H groups in total. The Bertz CT molecular complexity index is 599.